The molecule has 0 heterocycles. The van der Waals surface area contributed by atoms with E-state index in [1.54, 1.807) is 6.07 Å². The van der Waals surface area contributed by atoms with Crippen molar-refractivity contribution >= 4 is 15.9 Å². The van der Waals surface area contributed by atoms with E-state index in [1.807, 2.05) is 12.1 Å². The number of benzene rings is 1. The fraction of sp³-hybridized carbons (Fsp3) is 0.632. The molecule has 4 nitrogen and oxygen atoms in total. The highest BCUT2D eigenvalue weighted by Crippen LogP contribution is 2.59. The third-order valence-electron chi connectivity index (χ3n) is 6.84. The van der Waals surface area contributed by atoms with Crippen LogP contribution in [0.3, 0.4) is 0 Å². The molecule has 130 valence electrons. The summed E-state index contributed by atoms with van der Waals surface area (Å²) in [5, 5.41) is 0. The summed E-state index contributed by atoms with van der Waals surface area (Å²) in [4.78, 5) is 12.3. The van der Waals surface area contributed by atoms with E-state index < -0.39 is 15.9 Å². The maximum Gasteiger partial charge on any atom is 0.139 e. The van der Waals surface area contributed by atoms with Gasteiger partial charge < -0.3 is 4.55 Å². The standard InChI is InChI=1S/C19H24O4S/c1-19-9-8-15-14-4-2-12(11-24(21,22)23)10-13(14)3-5-16(15)17(19)6-7-18(19)20/h2,4,10,15-17H,3,5-9,11H2,1H3,(H,21,22,23)/p-1/t15-,16-,17+,19+/m1/s1. The molecule has 4 atom stereocenters. The third-order valence-corrected chi connectivity index (χ3v) is 7.53. The molecule has 0 radical (unpaired) electrons. The highest BCUT2D eigenvalue weighted by molar-refractivity contribution is 7.84. The van der Waals surface area contributed by atoms with Crippen LogP contribution >= 0.6 is 0 Å². The van der Waals surface area contributed by atoms with Crippen molar-refractivity contribution in [3.05, 3.63) is 34.9 Å². The molecular formula is C19H23O4S-. The number of Topliss-reactive ketones (excluding diaryl/α,β-unsaturated/α-hetero) is 1. The Morgan fingerprint density at radius 2 is 2.00 bits per heavy atom. The Morgan fingerprint density at radius 3 is 2.75 bits per heavy atom. The minimum absolute atomic E-state index is 0.116. The number of fused-ring (bicyclic) bond motifs is 5. The summed E-state index contributed by atoms with van der Waals surface area (Å²) in [5.74, 6) is 1.57. The van der Waals surface area contributed by atoms with Crippen LogP contribution in [-0.2, 0) is 27.1 Å². The van der Waals surface area contributed by atoms with Crippen molar-refractivity contribution in [3.63, 3.8) is 0 Å². The molecule has 0 unspecified atom stereocenters. The fourth-order valence-corrected chi connectivity index (χ4v) is 6.29. The summed E-state index contributed by atoms with van der Waals surface area (Å²) < 4.78 is 33.0. The molecule has 0 bridgehead atoms. The minimum atomic E-state index is -4.24. The number of aryl methyl sites for hydroxylation is 1. The Balaban J connectivity index is 1.65. The average molecular weight is 347 g/mol. The van der Waals surface area contributed by atoms with Crippen LogP contribution in [0.5, 0.6) is 0 Å². The number of rotatable bonds is 2. The zero-order valence-electron chi connectivity index (χ0n) is 14.0. The van der Waals surface area contributed by atoms with E-state index in [2.05, 4.69) is 6.92 Å². The van der Waals surface area contributed by atoms with Gasteiger partial charge in [-0.2, -0.15) is 0 Å². The highest BCUT2D eigenvalue weighted by atomic mass is 32.2. The highest BCUT2D eigenvalue weighted by Gasteiger charge is 2.54. The number of hydrogen-bond acceptors (Lipinski definition) is 4. The Morgan fingerprint density at radius 1 is 1.21 bits per heavy atom. The molecule has 0 amide bonds. The van der Waals surface area contributed by atoms with Gasteiger partial charge in [0.25, 0.3) is 0 Å². The Bertz CT molecular complexity index is 798. The number of ketones is 1. The predicted octanol–water partition coefficient (Wildman–Crippen LogP) is 3.16. The van der Waals surface area contributed by atoms with Crippen LogP contribution in [0.2, 0.25) is 0 Å². The monoisotopic (exact) mass is 347 g/mol. The van der Waals surface area contributed by atoms with Crippen LogP contribution in [-0.4, -0.2) is 18.8 Å². The van der Waals surface area contributed by atoms with E-state index >= 15 is 0 Å². The van der Waals surface area contributed by atoms with Crippen LogP contribution in [0, 0.1) is 17.3 Å². The summed E-state index contributed by atoms with van der Waals surface area (Å²) >= 11 is 0. The van der Waals surface area contributed by atoms with Gasteiger partial charge in [0.05, 0.1) is 15.9 Å². The summed E-state index contributed by atoms with van der Waals surface area (Å²) in [6.45, 7) is 2.17. The molecule has 5 heteroatoms. The van der Waals surface area contributed by atoms with Crippen molar-refractivity contribution in [1.82, 2.24) is 0 Å². The summed E-state index contributed by atoms with van der Waals surface area (Å²) in [7, 11) is -4.24. The lowest BCUT2D eigenvalue weighted by Gasteiger charge is -2.48. The number of carbonyl (C=O) groups is 1. The smallest absolute Gasteiger partial charge is 0.139 e. The lowest BCUT2D eigenvalue weighted by molar-refractivity contribution is -0.129. The Hall–Kier alpha value is -1.20. The zero-order chi connectivity index (χ0) is 17.1. The number of carbonyl (C=O) groups excluding carboxylic acids is 1. The summed E-state index contributed by atoms with van der Waals surface area (Å²) in [5.41, 5.74) is 3.00. The summed E-state index contributed by atoms with van der Waals surface area (Å²) in [6.07, 6.45) is 5.75. The topological polar surface area (TPSA) is 74.3 Å². The molecule has 2 saturated carbocycles. The quantitative estimate of drug-likeness (QED) is 0.770. The van der Waals surface area contributed by atoms with Gasteiger partial charge in [-0.1, -0.05) is 25.1 Å². The largest absolute Gasteiger partial charge is 0.748 e. The van der Waals surface area contributed by atoms with E-state index in [1.165, 1.54) is 11.1 Å². The summed E-state index contributed by atoms with van der Waals surface area (Å²) in [6, 6.07) is 5.74. The second kappa shape index (κ2) is 5.40. The lowest BCUT2D eigenvalue weighted by atomic mass is 9.55. The first kappa shape index (κ1) is 16.3. The first-order valence-electron chi connectivity index (χ1n) is 8.86. The van der Waals surface area contributed by atoms with Crippen molar-refractivity contribution in [1.29, 1.82) is 0 Å². The molecule has 4 rings (SSSR count). The number of hydrogen-bond donors (Lipinski definition) is 0. The van der Waals surface area contributed by atoms with E-state index in [0.717, 1.165) is 38.5 Å². The maximum atomic E-state index is 12.3. The van der Waals surface area contributed by atoms with Crippen LogP contribution in [0.25, 0.3) is 0 Å². The fourth-order valence-electron chi connectivity index (χ4n) is 5.70. The molecule has 24 heavy (non-hydrogen) atoms. The Labute approximate surface area is 143 Å². The molecule has 1 aromatic rings. The van der Waals surface area contributed by atoms with E-state index in [-0.39, 0.29) is 5.41 Å². The van der Waals surface area contributed by atoms with Gasteiger partial charge in [0.2, 0.25) is 0 Å². The van der Waals surface area contributed by atoms with Gasteiger partial charge in [-0.05, 0) is 66.5 Å². The van der Waals surface area contributed by atoms with Crippen LogP contribution < -0.4 is 0 Å². The van der Waals surface area contributed by atoms with Crippen LogP contribution in [0.4, 0.5) is 0 Å². The average Bonchev–Trinajstić information content (AvgIpc) is 2.81. The van der Waals surface area contributed by atoms with Gasteiger partial charge in [-0.15, -0.1) is 0 Å². The van der Waals surface area contributed by atoms with Crippen molar-refractivity contribution in [2.45, 2.75) is 57.1 Å². The van der Waals surface area contributed by atoms with Crippen molar-refractivity contribution in [2.75, 3.05) is 0 Å². The molecule has 1 aromatic carbocycles. The van der Waals surface area contributed by atoms with Gasteiger partial charge in [0, 0.05) is 11.8 Å². The minimum Gasteiger partial charge on any atom is -0.748 e. The molecule has 3 aliphatic rings. The van der Waals surface area contributed by atoms with Gasteiger partial charge >= 0.3 is 0 Å². The second-order valence-electron chi connectivity index (χ2n) is 8.07. The maximum absolute atomic E-state index is 12.3. The normalized spacial score (nSPS) is 35.2. The van der Waals surface area contributed by atoms with Crippen molar-refractivity contribution in [3.8, 4) is 0 Å². The zero-order valence-corrected chi connectivity index (χ0v) is 14.8. The van der Waals surface area contributed by atoms with Gasteiger partial charge in [-0.25, -0.2) is 8.42 Å². The van der Waals surface area contributed by atoms with E-state index in [0.29, 0.717) is 29.1 Å². The molecule has 2 fully saturated rings. The first-order valence-corrected chi connectivity index (χ1v) is 10.4. The van der Waals surface area contributed by atoms with Crippen LogP contribution in [0.1, 0.15) is 61.6 Å². The second-order valence-corrected chi connectivity index (χ2v) is 9.47. The molecule has 3 aliphatic carbocycles. The molecule has 0 aromatic heterocycles. The van der Waals surface area contributed by atoms with Gasteiger partial charge in [-0.3, -0.25) is 4.79 Å². The van der Waals surface area contributed by atoms with Gasteiger partial charge in [0.15, 0.2) is 0 Å². The molecule has 0 N–H and O–H groups in total. The lowest BCUT2D eigenvalue weighted by Crippen LogP contribution is -2.42. The first-order chi connectivity index (χ1) is 11.3. The molecular weight excluding hydrogens is 324 g/mol. The predicted molar refractivity (Wildman–Crippen MR) is 89.5 cm³/mol. The molecule has 0 spiro atoms. The van der Waals surface area contributed by atoms with Crippen molar-refractivity contribution < 1.29 is 17.8 Å². The SMILES string of the molecule is C[C@]12CC[C@@H]3c4ccc(CS(=O)(=O)[O-])cc4CC[C@H]3[C@@H]1CCC2=O. The molecule has 0 aliphatic heterocycles. The van der Waals surface area contributed by atoms with E-state index in [4.69, 9.17) is 0 Å². The van der Waals surface area contributed by atoms with Gasteiger partial charge in [0.1, 0.15) is 5.78 Å². The Kier molecular flexibility index (Phi) is 3.66. The molecule has 0 saturated heterocycles. The van der Waals surface area contributed by atoms with Crippen LogP contribution in [0.15, 0.2) is 18.2 Å². The van der Waals surface area contributed by atoms with Crippen molar-refractivity contribution in [2.24, 2.45) is 17.3 Å². The third kappa shape index (κ3) is 2.53. The van der Waals surface area contributed by atoms with E-state index in [9.17, 15) is 17.8 Å².